The van der Waals surface area contributed by atoms with E-state index in [0.717, 1.165) is 47.3 Å². The lowest BCUT2D eigenvalue weighted by molar-refractivity contribution is -0.121. The Bertz CT molecular complexity index is 1080. The van der Waals surface area contributed by atoms with Gasteiger partial charge < -0.3 is 9.73 Å². The number of anilines is 1. The van der Waals surface area contributed by atoms with Gasteiger partial charge in [0.05, 0.1) is 12.2 Å². The molecule has 1 aromatic carbocycles. The molecule has 1 aliphatic rings. The van der Waals surface area contributed by atoms with Gasteiger partial charge in [0.1, 0.15) is 17.1 Å². The van der Waals surface area contributed by atoms with Crippen LogP contribution >= 0.6 is 0 Å². The molecule has 1 aliphatic carbocycles. The third-order valence-corrected chi connectivity index (χ3v) is 4.92. The molecule has 1 N–H and O–H groups in total. The Morgan fingerprint density at radius 3 is 2.96 bits per heavy atom. The van der Waals surface area contributed by atoms with Crippen LogP contribution in [0.15, 0.2) is 53.1 Å². The summed E-state index contributed by atoms with van der Waals surface area (Å²) in [6, 6.07) is 13.5. The fourth-order valence-corrected chi connectivity index (χ4v) is 3.54. The summed E-state index contributed by atoms with van der Waals surface area (Å²) in [5, 5.41) is 8.96. The number of aromatic nitrogens is 3. The lowest BCUT2D eigenvalue weighted by Gasteiger charge is -2.21. The van der Waals surface area contributed by atoms with Gasteiger partial charge in [0, 0.05) is 11.8 Å². The fourth-order valence-electron chi connectivity index (χ4n) is 3.54. The first-order valence-electron chi connectivity index (χ1n) is 8.91. The Hall–Kier alpha value is -3.15. The summed E-state index contributed by atoms with van der Waals surface area (Å²) >= 11 is 0. The molecule has 26 heavy (non-hydrogen) atoms. The molecule has 0 aliphatic heterocycles. The summed E-state index contributed by atoms with van der Waals surface area (Å²) in [6.45, 7) is 0. The number of carbonyl (C=O) groups is 1. The zero-order valence-corrected chi connectivity index (χ0v) is 14.2. The van der Waals surface area contributed by atoms with E-state index in [2.05, 4.69) is 15.4 Å². The van der Waals surface area contributed by atoms with E-state index >= 15 is 0 Å². The zero-order valence-electron chi connectivity index (χ0n) is 14.2. The summed E-state index contributed by atoms with van der Waals surface area (Å²) < 4.78 is 7.71. The molecule has 0 radical (unpaired) electrons. The number of rotatable bonds is 3. The van der Waals surface area contributed by atoms with Crippen molar-refractivity contribution < 1.29 is 9.21 Å². The fraction of sp³-hybridized carbons (Fsp3) is 0.250. The van der Waals surface area contributed by atoms with Gasteiger partial charge in [-0.15, -0.1) is 5.10 Å². The maximum Gasteiger partial charge on any atom is 0.155 e. The predicted molar refractivity (Wildman–Crippen MR) is 99.1 cm³/mol. The number of nitrogens with one attached hydrogen (secondary N) is 1. The van der Waals surface area contributed by atoms with Gasteiger partial charge in [-0.05, 0) is 37.1 Å². The molecule has 1 fully saturated rings. The third kappa shape index (κ3) is 2.54. The number of hydrogen-bond acceptors (Lipinski definition) is 5. The normalized spacial score (nSPS) is 17.8. The topological polar surface area (TPSA) is 72.4 Å². The first kappa shape index (κ1) is 15.1. The Morgan fingerprint density at radius 2 is 2.08 bits per heavy atom. The Morgan fingerprint density at radius 1 is 1.15 bits per heavy atom. The second-order valence-electron chi connectivity index (χ2n) is 6.69. The number of benzene rings is 1. The number of furan rings is 1. The number of hydrogen-bond donors (Lipinski definition) is 1. The van der Waals surface area contributed by atoms with E-state index < -0.39 is 0 Å². The second-order valence-corrected chi connectivity index (χ2v) is 6.69. The number of ketones is 1. The summed E-state index contributed by atoms with van der Waals surface area (Å²) in [5.41, 5.74) is 2.36. The van der Waals surface area contributed by atoms with Crippen LogP contribution in [-0.2, 0) is 4.79 Å². The van der Waals surface area contributed by atoms with E-state index in [9.17, 15) is 4.79 Å². The molecule has 0 saturated heterocycles. The first-order chi connectivity index (χ1) is 12.8. The van der Waals surface area contributed by atoms with Crippen LogP contribution in [0.4, 0.5) is 5.82 Å². The molecule has 0 bridgehead atoms. The molecule has 6 nitrogen and oxygen atoms in total. The number of para-hydroxylation sites is 1. The highest BCUT2D eigenvalue weighted by Crippen LogP contribution is 2.28. The van der Waals surface area contributed by atoms with Crippen molar-refractivity contribution in [1.82, 2.24) is 14.6 Å². The highest BCUT2D eigenvalue weighted by atomic mass is 16.3. The van der Waals surface area contributed by atoms with E-state index in [1.54, 1.807) is 10.7 Å². The molecule has 1 atom stereocenters. The largest absolute Gasteiger partial charge is 0.454 e. The quantitative estimate of drug-likeness (QED) is 0.605. The summed E-state index contributed by atoms with van der Waals surface area (Å²) in [4.78, 5) is 16.5. The van der Waals surface area contributed by atoms with Crippen LogP contribution < -0.4 is 5.32 Å². The summed E-state index contributed by atoms with van der Waals surface area (Å²) in [5.74, 6) is 1.66. The Labute approximate surface area is 149 Å². The average molecular weight is 346 g/mol. The van der Waals surface area contributed by atoms with Crippen molar-refractivity contribution in [3.63, 3.8) is 0 Å². The maximum atomic E-state index is 12.1. The van der Waals surface area contributed by atoms with Crippen molar-refractivity contribution in [3.05, 3.63) is 48.7 Å². The molecule has 3 heterocycles. The third-order valence-electron chi connectivity index (χ3n) is 4.92. The van der Waals surface area contributed by atoms with Crippen LogP contribution in [0.25, 0.3) is 28.1 Å². The molecular formula is C20H18N4O2. The first-order valence-corrected chi connectivity index (χ1v) is 8.91. The van der Waals surface area contributed by atoms with E-state index in [4.69, 9.17) is 4.42 Å². The minimum atomic E-state index is -0.146. The van der Waals surface area contributed by atoms with Gasteiger partial charge >= 0.3 is 0 Å². The van der Waals surface area contributed by atoms with Gasteiger partial charge in [-0.25, -0.2) is 9.50 Å². The smallest absolute Gasteiger partial charge is 0.155 e. The predicted octanol–water partition coefficient (Wildman–Crippen LogP) is 4.07. The van der Waals surface area contributed by atoms with Crippen molar-refractivity contribution in [2.45, 2.75) is 31.7 Å². The minimum Gasteiger partial charge on any atom is -0.454 e. The summed E-state index contributed by atoms with van der Waals surface area (Å²) in [7, 11) is 0. The zero-order chi connectivity index (χ0) is 17.5. The van der Waals surface area contributed by atoms with Gasteiger partial charge in [0.2, 0.25) is 0 Å². The van der Waals surface area contributed by atoms with E-state index in [1.807, 2.05) is 42.5 Å². The highest BCUT2D eigenvalue weighted by Gasteiger charge is 2.22. The molecule has 0 amide bonds. The van der Waals surface area contributed by atoms with Crippen LogP contribution in [0.3, 0.4) is 0 Å². The van der Waals surface area contributed by atoms with E-state index in [1.165, 1.54) is 0 Å². The van der Waals surface area contributed by atoms with Crippen LogP contribution in [0.5, 0.6) is 0 Å². The van der Waals surface area contributed by atoms with E-state index in [-0.39, 0.29) is 11.8 Å². The Kier molecular flexibility index (Phi) is 3.48. The number of nitrogens with zero attached hydrogens (tertiary/aromatic N) is 3. The minimum absolute atomic E-state index is 0.146. The lowest BCUT2D eigenvalue weighted by Crippen LogP contribution is -2.32. The van der Waals surface area contributed by atoms with Gasteiger partial charge in [0.15, 0.2) is 17.2 Å². The molecular weight excluding hydrogens is 328 g/mol. The van der Waals surface area contributed by atoms with Gasteiger partial charge in [0.25, 0.3) is 0 Å². The molecule has 0 unspecified atom stereocenters. The van der Waals surface area contributed by atoms with Crippen molar-refractivity contribution >= 4 is 28.2 Å². The molecule has 6 heteroatoms. The lowest BCUT2D eigenvalue weighted by atomic mass is 9.94. The molecule has 4 aromatic rings. The SMILES string of the molecule is O=C1CCCC[C@H]1Nc1ccc2ncc(-c3cc4ccccc4o3)n2n1. The van der Waals surface area contributed by atoms with Crippen molar-refractivity contribution in [1.29, 1.82) is 0 Å². The van der Waals surface area contributed by atoms with Crippen LogP contribution in [0, 0.1) is 0 Å². The Balaban J connectivity index is 1.53. The number of imidazole rings is 1. The van der Waals surface area contributed by atoms with Crippen LogP contribution in [0.2, 0.25) is 0 Å². The highest BCUT2D eigenvalue weighted by molar-refractivity contribution is 5.87. The molecule has 5 rings (SSSR count). The van der Waals surface area contributed by atoms with Crippen LogP contribution in [-0.4, -0.2) is 26.4 Å². The molecule has 130 valence electrons. The van der Waals surface area contributed by atoms with Crippen LogP contribution in [0.1, 0.15) is 25.7 Å². The molecule has 1 saturated carbocycles. The molecule has 3 aromatic heterocycles. The second kappa shape index (κ2) is 5.98. The van der Waals surface area contributed by atoms with Crippen molar-refractivity contribution in [3.8, 4) is 11.5 Å². The number of carbonyl (C=O) groups excluding carboxylic acids is 1. The van der Waals surface area contributed by atoms with Gasteiger partial charge in [-0.3, -0.25) is 4.79 Å². The number of Topliss-reactive ketones (excluding diaryl/α,β-unsaturated/α-hetero) is 1. The standard InChI is InChI=1S/C20H18N4O2/c25-16-7-3-2-6-14(16)22-19-9-10-20-21-12-15(24(20)23-19)18-11-13-5-1-4-8-17(13)26-18/h1,4-5,8-12,14H,2-3,6-7H2,(H,22,23)/t14-/m1/s1. The van der Waals surface area contributed by atoms with Crippen molar-refractivity contribution in [2.24, 2.45) is 0 Å². The number of fused-ring (bicyclic) bond motifs is 2. The van der Waals surface area contributed by atoms with Gasteiger partial charge in [-0.1, -0.05) is 24.6 Å². The van der Waals surface area contributed by atoms with Gasteiger partial charge in [-0.2, -0.15) is 0 Å². The summed E-state index contributed by atoms with van der Waals surface area (Å²) in [6.07, 6.45) is 5.33. The average Bonchev–Trinajstić information content (AvgIpc) is 3.26. The monoisotopic (exact) mass is 346 g/mol. The van der Waals surface area contributed by atoms with E-state index in [0.29, 0.717) is 12.2 Å². The van der Waals surface area contributed by atoms with Crippen molar-refractivity contribution in [2.75, 3.05) is 5.32 Å². The maximum absolute atomic E-state index is 12.1. The molecule has 0 spiro atoms.